The number of benzene rings is 2. The standard InChI is InChI=1S/C23H27F3N4O2/c1-16(31)29-10-12-30(13-11-29)20-9-8-19(21(15-20)23(24,25)26)7-6-17-2-4-18(5-3-17)14-22(32)28-27/h2-5,8-9,15H,6-7,10-14,27H2,1H3,(H,28,32). The Morgan fingerprint density at radius 3 is 2.16 bits per heavy atom. The van der Waals surface area contributed by atoms with Gasteiger partial charge in [-0.3, -0.25) is 15.0 Å². The van der Waals surface area contributed by atoms with Crippen LogP contribution >= 0.6 is 0 Å². The molecule has 1 aliphatic rings. The molecule has 2 amide bonds. The Bertz CT molecular complexity index is 953. The fraction of sp³-hybridized carbons (Fsp3) is 0.391. The van der Waals surface area contributed by atoms with E-state index in [0.717, 1.165) is 11.1 Å². The second-order valence-corrected chi connectivity index (χ2v) is 7.89. The third-order valence-corrected chi connectivity index (χ3v) is 5.72. The normalized spacial score (nSPS) is 14.4. The number of carbonyl (C=O) groups excluding carboxylic acids is 2. The van der Waals surface area contributed by atoms with Gasteiger partial charge >= 0.3 is 6.18 Å². The Morgan fingerprint density at radius 1 is 0.969 bits per heavy atom. The van der Waals surface area contributed by atoms with Crippen molar-refractivity contribution in [2.24, 2.45) is 5.84 Å². The summed E-state index contributed by atoms with van der Waals surface area (Å²) in [6.07, 6.45) is -3.61. The number of alkyl halides is 3. The summed E-state index contributed by atoms with van der Waals surface area (Å²) in [5.74, 6) is 4.75. The van der Waals surface area contributed by atoms with Crippen molar-refractivity contribution in [1.82, 2.24) is 10.3 Å². The van der Waals surface area contributed by atoms with Crippen molar-refractivity contribution < 1.29 is 22.8 Å². The van der Waals surface area contributed by atoms with Crippen molar-refractivity contribution in [3.05, 3.63) is 64.7 Å². The molecule has 6 nitrogen and oxygen atoms in total. The lowest BCUT2D eigenvalue weighted by molar-refractivity contribution is -0.138. The highest BCUT2D eigenvalue weighted by molar-refractivity contribution is 5.77. The number of nitrogens with one attached hydrogen (secondary N) is 1. The lowest BCUT2D eigenvalue weighted by Gasteiger charge is -2.36. The number of hydrogen-bond donors (Lipinski definition) is 2. The van der Waals surface area contributed by atoms with Crippen LogP contribution in [0.3, 0.4) is 0 Å². The molecular weight excluding hydrogens is 421 g/mol. The van der Waals surface area contributed by atoms with Gasteiger partial charge < -0.3 is 9.80 Å². The van der Waals surface area contributed by atoms with Crippen molar-refractivity contribution in [2.75, 3.05) is 31.1 Å². The van der Waals surface area contributed by atoms with Crippen LogP contribution in [0.15, 0.2) is 42.5 Å². The number of halogens is 3. The molecule has 1 fully saturated rings. The first-order valence-electron chi connectivity index (χ1n) is 10.4. The third-order valence-electron chi connectivity index (χ3n) is 5.72. The molecule has 0 spiro atoms. The number of hydrogen-bond acceptors (Lipinski definition) is 4. The topological polar surface area (TPSA) is 78.7 Å². The summed E-state index contributed by atoms with van der Waals surface area (Å²) in [5.41, 5.74) is 3.87. The van der Waals surface area contributed by atoms with Gasteiger partial charge in [-0.1, -0.05) is 30.3 Å². The third kappa shape index (κ3) is 6.00. The minimum absolute atomic E-state index is 0.0216. The average Bonchev–Trinajstić information content (AvgIpc) is 2.78. The van der Waals surface area contributed by atoms with Crippen LogP contribution in [0.4, 0.5) is 18.9 Å². The molecule has 0 atom stereocenters. The maximum absolute atomic E-state index is 13.8. The summed E-state index contributed by atoms with van der Waals surface area (Å²) in [7, 11) is 0. The van der Waals surface area contributed by atoms with Crippen LogP contribution in [0, 0.1) is 0 Å². The molecule has 0 bridgehead atoms. The Labute approximate surface area is 185 Å². The predicted molar refractivity (Wildman–Crippen MR) is 116 cm³/mol. The molecule has 3 rings (SSSR count). The highest BCUT2D eigenvalue weighted by Gasteiger charge is 2.34. The number of nitrogens with zero attached hydrogens (tertiary/aromatic N) is 2. The van der Waals surface area contributed by atoms with Gasteiger partial charge in [0.25, 0.3) is 0 Å². The van der Waals surface area contributed by atoms with E-state index in [1.807, 2.05) is 17.0 Å². The number of nitrogens with two attached hydrogens (primary N) is 1. The van der Waals surface area contributed by atoms with Crippen molar-refractivity contribution >= 4 is 17.5 Å². The van der Waals surface area contributed by atoms with E-state index in [-0.39, 0.29) is 30.2 Å². The number of rotatable bonds is 6. The first-order chi connectivity index (χ1) is 15.2. The smallest absolute Gasteiger partial charge is 0.368 e. The van der Waals surface area contributed by atoms with Gasteiger partial charge in [0.2, 0.25) is 11.8 Å². The second kappa shape index (κ2) is 10.0. The van der Waals surface area contributed by atoms with Gasteiger partial charge in [0, 0.05) is 38.8 Å². The van der Waals surface area contributed by atoms with Gasteiger partial charge in [0.1, 0.15) is 0 Å². The summed E-state index contributed by atoms with van der Waals surface area (Å²) >= 11 is 0. The Hall–Kier alpha value is -3.07. The summed E-state index contributed by atoms with van der Waals surface area (Å²) < 4.78 is 41.3. The fourth-order valence-electron chi connectivity index (χ4n) is 3.86. The number of aryl methyl sites for hydroxylation is 2. The molecule has 1 heterocycles. The van der Waals surface area contributed by atoms with Crippen LogP contribution in [-0.2, 0) is 35.0 Å². The molecular formula is C23H27F3N4O2. The van der Waals surface area contributed by atoms with Crippen molar-refractivity contribution in [2.45, 2.75) is 32.4 Å². The maximum atomic E-state index is 13.8. The number of piperazine rings is 1. The molecule has 32 heavy (non-hydrogen) atoms. The first kappa shape index (κ1) is 23.6. The monoisotopic (exact) mass is 448 g/mol. The van der Waals surface area contributed by atoms with Crippen LogP contribution in [0.1, 0.15) is 29.2 Å². The quantitative estimate of drug-likeness (QED) is 0.405. The van der Waals surface area contributed by atoms with E-state index in [1.165, 1.54) is 13.0 Å². The highest BCUT2D eigenvalue weighted by Crippen LogP contribution is 2.35. The molecule has 3 N–H and O–H groups in total. The number of carbonyl (C=O) groups is 2. The molecule has 0 saturated carbocycles. The largest absolute Gasteiger partial charge is 0.416 e. The zero-order chi connectivity index (χ0) is 23.3. The van der Waals surface area contributed by atoms with Crippen molar-refractivity contribution in [3.63, 3.8) is 0 Å². The summed E-state index contributed by atoms with van der Waals surface area (Å²) in [4.78, 5) is 26.4. The number of anilines is 1. The van der Waals surface area contributed by atoms with Crippen LogP contribution in [0.2, 0.25) is 0 Å². The molecule has 1 saturated heterocycles. The average molecular weight is 448 g/mol. The number of hydrazine groups is 1. The van der Waals surface area contributed by atoms with Crippen LogP contribution in [-0.4, -0.2) is 42.9 Å². The van der Waals surface area contributed by atoms with Crippen LogP contribution < -0.4 is 16.2 Å². The van der Waals surface area contributed by atoms with Gasteiger partial charge in [-0.25, -0.2) is 5.84 Å². The van der Waals surface area contributed by atoms with Crippen molar-refractivity contribution in [3.8, 4) is 0 Å². The second-order valence-electron chi connectivity index (χ2n) is 7.89. The highest BCUT2D eigenvalue weighted by atomic mass is 19.4. The zero-order valence-electron chi connectivity index (χ0n) is 17.9. The summed E-state index contributed by atoms with van der Waals surface area (Å²) in [6, 6.07) is 11.7. The van der Waals surface area contributed by atoms with Gasteiger partial charge in [-0.2, -0.15) is 13.2 Å². The number of amides is 2. The molecule has 0 aliphatic carbocycles. The Balaban J connectivity index is 1.70. The summed E-state index contributed by atoms with van der Waals surface area (Å²) in [6.45, 7) is 3.51. The first-order valence-corrected chi connectivity index (χ1v) is 10.4. The lowest BCUT2D eigenvalue weighted by Crippen LogP contribution is -2.48. The Morgan fingerprint density at radius 2 is 1.59 bits per heavy atom. The molecule has 0 radical (unpaired) electrons. The van der Waals surface area contributed by atoms with E-state index in [0.29, 0.717) is 38.3 Å². The SMILES string of the molecule is CC(=O)N1CCN(c2ccc(CCc3ccc(CC(=O)NN)cc3)c(C(F)(F)F)c2)CC1. The van der Waals surface area contributed by atoms with Gasteiger partial charge in [0.15, 0.2) is 0 Å². The minimum Gasteiger partial charge on any atom is -0.368 e. The predicted octanol–water partition coefficient (Wildman–Crippen LogP) is 2.69. The van der Waals surface area contributed by atoms with E-state index < -0.39 is 11.7 Å². The van der Waals surface area contributed by atoms with E-state index in [4.69, 9.17) is 5.84 Å². The molecule has 0 unspecified atom stereocenters. The van der Waals surface area contributed by atoms with Crippen molar-refractivity contribution in [1.29, 1.82) is 0 Å². The maximum Gasteiger partial charge on any atom is 0.416 e. The Kier molecular flexibility index (Phi) is 7.40. The van der Waals surface area contributed by atoms with E-state index in [1.54, 1.807) is 29.2 Å². The van der Waals surface area contributed by atoms with E-state index in [9.17, 15) is 22.8 Å². The zero-order valence-corrected chi connectivity index (χ0v) is 17.9. The molecule has 1 aliphatic heterocycles. The molecule has 2 aromatic carbocycles. The molecule has 0 aromatic heterocycles. The van der Waals surface area contributed by atoms with Crippen LogP contribution in [0.25, 0.3) is 0 Å². The van der Waals surface area contributed by atoms with E-state index in [2.05, 4.69) is 5.43 Å². The van der Waals surface area contributed by atoms with Gasteiger partial charge in [-0.05, 0) is 41.7 Å². The van der Waals surface area contributed by atoms with Crippen LogP contribution in [0.5, 0.6) is 0 Å². The van der Waals surface area contributed by atoms with E-state index >= 15 is 0 Å². The fourth-order valence-corrected chi connectivity index (χ4v) is 3.86. The lowest BCUT2D eigenvalue weighted by atomic mass is 9.97. The summed E-state index contributed by atoms with van der Waals surface area (Å²) in [5, 5.41) is 0. The molecule has 172 valence electrons. The molecule has 2 aromatic rings. The minimum atomic E-state index is -4.45. The van der Waals surface area contributed by atoms with Gasteiger partial charge in [-0.15, -0.1) is 0 Å². The van der Waals surface area contributed by atoms with Gasteiger partial charge in [0.05, 0.1) is 12.0 Å². The molecule has 9 heteroatoms.